The average molecular weight is 487 g/mol. The van der Waals surface area contributed by atoms with E-state index in [-0.39, 0.29) is 29.2 Å². The molecule has 1 N–H and O–H groups in total. The van der Waals surface area contributed by atoms with E-state index >= 15 is 4.39 Å². The maximum atomic E-state index is 16.3. The molecule has 0 spiro atoms. The van der Waals surface area contributed by atoms with Crippen LogP contribution in [-0.2, 0) is 4.79 Å². The van der Waals surface area contributed by atoms with Gasteiger partial charge in [-0.15, -0.1) is 0 Å². The largest absolute Gasteiger partial charge is 0.508 e. The van der Waals surface area contributed by atoms with Crippen molar-refractivity contribution in [2.24, 2.45) is 0 Å². The third kappa shape index (κ3) is 3.88. The van der Waals surface area contributed by atoms with Crippen molar-refractivity contribution < 1.29 is 19.0 Å². The Morgan fingerprint density at radius 1 is 1.19 bits per heavy atom. The molecule has 5 rings (SSSR count). The third-order valence-corrected chi connectivity index (χ3v) is 6.77. The zero-order chi connectivity index (χ0) is 25.6. The lowest BCUT2D eigenvalue weighted by atomic mass is 9.93. The molecule has 1 aliphatic rings. The summed E-state index contributed by atoms with van der Waals surface area (Å²) in [6.45, 7) is 8.94. The molecule has 36 heavy (non-hydrogen) atoms. The molecule has 1 amide bonds. The zero-order valence-electron chi connectivity index (χ0n) is 20.5. The SMILES string of the molecule is C=CC(=O)N1CCN(c2nc(OC)nc3c(F)c(-c4cc(O)cc5ccccc45)c(C)cc23)CC1C. The molecule has 1 unspecified atom stereocenters. The molecule has 3 aromatic carbocycles. The highest BCUT2D eigenvalue weighted by atomic mass is 19.1. The summed E-state index contributed by atoms with van der Waals surface area (Å²) in [7, 11) is 1.45. The van der Waals surface area contributed by atoms with Crippen molar-refractivity contribution >= 4 is 33.4 Å². The second-order valence-electron chi connectivity index (χ2n) is 9.06. The van der Waals surface area contributed by atoms with Gasteiger partial charge in [-0.1, -0.05) is 30.8 Å². The molecular weight excluding hydrogens is 459 g/mol. The van der Waals surface area contributed by atoms with Crippen LogP contribution >= 0.6 is 0 Å². The Labute approximate surface area is 208 Å². The van der Waals surface area contributed by atoms with E-state index in [1.54, 1.807) is 17.0 Å². The summed E-state index contributed by atoms with van der Waals surface area (Å²) >= 11 is 0. The van der Waals surface area contributed by atoms with E-state index in [4.69, 9.17) is 4.74 Å². The van der Waals surface area contributed by atoms with Crippen molar-refractivity contribution in [3.05, 3.63) is 66.5 Å². The fraction of sp³-hybridized carbons (Fsp3) is 0.250. The first kappa shape index (κ1) is 23.5. The summed E-state index contributed by atoms with van der Waals surface area (Å²) in [5.74, 6) is 0.00146. The molecule has 0 bridgehead atoms. The van der Waals surface area contributed by atoms with Crippen molar-refractivity contribution in [1.82, 2.24) is 14.9 Å². The fourth-order valence-corrected chi connectivity index (χ4v) is 5.08. The number of ether oxygens (including phenoxy) is 1. The van der Waals surface area contributed by atoms with Crippen LogP contribution in [0.5, 0.6) is 11.8 Å². The molecule has 1 saturated heterocycles. The number of carbonyl (C=O) groups is 1. The molecule has 1 aromatic heterocycles. The Morgan fingerprint density at radius 2 is 1.97 bits per heavy atom. The van der Waals surface area contributed by atoms with Crippen LogP contribution in [0.1, 0.15) is 12.5 Å². The number of amides is 1. The fourth-order valence-electron chi connectivity index (χ4n) is 5.08. The van der Waals surface area contributed by atoms with Gasteiger partial charge in [0.25, 0.3) is 0 Å². The van der Waals surface area contributed by atoms with Crippen LogP contribution in [0.3, 0.4) is 0 Å². The number of hydrogen-bond acceptors (Lipinski definition) is 6. The molecule has 8 heteroatoms. The first-order valence-electron chi connectivity index (χ1n) is 11.8. The first-order valence-corrected chi connectivity index (χ1v) is 11.8. The quantitative estimate of drug-likeness (QED) is 0.416. The van der Waals surface area contributed by atoms with Gasteiger partial charge in [0.15, 0.2) is 5.82 Å². The van der Waals surface area contributed by atoms with E-state index in [0.717, 1.165) is 10.8 Å². The van der Waals surface area contributed by atoms with Gasteiger partial charge < -0.3 is 19.6 Å². The number of aromatic nitrogens is 2. The molecule has 1 aliphatic heterocycles. The van der Waals surface area contributed by atoms with Gasteiger partial charge in [-0.3, -0.25) is 4.79 Å². The van der Waals surface area contributed by atoms with Gasteiger partial charge in [0.05, 0.1) is 7.11 Å². The highest BCUT2D eigenvalue weighted by Crippen LogP contribution is 2.40. The molecular formula is C28H27FN4O3. The summed E-state index contributed by atoms with van der Waals surface area (Å²) in [6.07, 6.45) is 1.32. The predicted molar refractivity (Wildman–Crippen MR) is 139 cm³/mol. The molecule has 0 radical (unpaired) electrons. The molecule has 4 aromatic rings. The van der Waals surface area contributed by atoms with Crippen molar-refractivity contribution in [1.29, 1.82) is 0 Å². The zero-order valence-corrected chi connectivity index (χ0v) is 20.5. The van der Waals surface area contributed by atoms with Gasteiger partial charge in [-0.2, -0.15) is 9.97 Å². The molecule has 0 aliphatic carbocycles. The van der Waals surface area contributed by atoms with Crippen LogP contribution in [-0.4, -0.2) is 58.7 Å². The standard InChI is InChI=1S/C28H27FN4O3/c1-5-23(35)33-11-10-32(15-17(33)3)27-22-12-16(2)24(25(29)26(22)30-28(31-27)36-4)21-14-19(34)13-18-8-6-7-9-20(18)21/h5-9,12-14,17,34H,1,10-11,15H2,2-4H3. The maximum absolute atomic E-state index is 16.3. The normalized spacial score (nSPS) is 15.9. The lowest BCUT2D eigenvalue weighted by molar-refractivity contribution is -0.128. The molecule has 184 valence electrons. The number of piperazine rings is 1. The number of aryl methyl sites for hydroxylation is 1. The Bertz CT molecular complexity index is 1520. The molecule has 2 heterocycles. The average Bonchev–Trinajstić information content (AvgIpc) is 2.87. The van der Waals surface area contributed by atoms with Crippen LogP contribution in [0, 0.1) is 12.7 Å². The summed E-state index contributed by atoms with van der Waals surface area (Å²) in [6, 6.07) is 12.7. The van der Waals surface area contributed by atoms with Crippen LogP contribution < -0.4 is 9.64 Å². The number of fused-ring (bicyclic) bond motifs is 2. The minimum Gasteiger partial charge on any atom is -0.508 e. The third-order valence-electron chi connectivity index (χ3n) is 6.77. The number of rotatable bonds is 4. The number of halogens is 1. The van der Waals surface area contributed by atoms with Gasteiger partial charge in [-0.05, 0) is 60.0 Å². The van der Waals surface area contributed by atoms with Crippen LogP contribution in [0.4, 0.5) is 10.2 Å². The Balaban J connectivity index is 1.69. The molecule has 7 nitrogen and oxygen atoms in total. The first-order chi connectivity index (χ1) is 17.3. The second kappa shape index (κ2) is 9.11. The monoisotopic (exact) mass is 486 g/mol. The highest BCUT2D eigenvalue weighted by molar-refractivity contribution is 6.02. The molecule has 1 fully saturated rings. The predicted octanol–water partition coefficient (Wildman–Crippen LogP) is 4.83. The maximum Gasteiger partial charge on any atom is 0.318 e. The number of benzene rings is 3. The number of phenolic OH excluding ortho intramolecular Hbond substituents is 1. The summed E-state index contributed by atoms with van der Waals surface area (Å²) in [4.78, 5) is 24.9. The number of carbonyl (C=O) groups excluding carboxylic acids is 1. The van der Waals surface area contributed by atoms with E-state index in [1.807, 2.05) is 49.1 Å². The van der Waals surface area contributed by atoms with Gasteiger partial charge in [-0.25, -0.2) is 4.39 Å². The summed E-state index contributed by atoms with van der Waals surface area (Å²) < 4.78 is 21.7. The van der Waals surface area contributed by atoms with Gasteiger partial charge in [0.2, 0.25) is 5.91 Å². The van der Waals surface area contributed by atoms with E-state index in [1.165, 1.54) is 13.2 Å². The smallest absolute Gasteiger partial charge is 0.318 e. The highest BCUT2D eigenvalue weighted by Gasteiger charge is 2.29. The molecule has 1 atom stereocenters. The lowest BCUT2D eigenvalue weighted by Gasteiger charge is -2.40. The van der Waals surface area contributed by atoms with Crippen molar-refractivity contribution in [3.63, 3.8) is 0 Å². The van der Waals surface area contributed by atoms with Crippen LogP contribution in [0.25, 0.3) is 32.8 Å². The minimum atomic E-state index is -0.503. The van der Waals surface area contributed by atoms with Crippen molar-refractivity contribution in [3.8, 4) is 22.9 Å². The lowest BCUT2D eigenvalue weighted by Crippen LogP contribution is -2.54. The van der Waals surface area contributed by atoms with Crippen LogP contribution in [0.2, 0.25) is 0 Å². The topological polar surface area (TPSA) is 78.8 Å². The van der Waals surface area contributed by atoms with Gasteiger partial charge in [0.1, 0.15) is 17.1 Å². The van der Waals surface area contributed by atoms with Crippen molar-refractivity contribution in [2.45, 2.75) is 19.9 Å². The van der Waals surface area contributed by atoms with Crippen molar-refractivity contribution in [2.75, 3.05) is 31.6 Å². The van der Waals surface area contributed by atoms with E-state index in [0.29, 0.717) is 47.5 Å². The minimum absolute atomic E-state index is 0.0595. The number of nitrogens with zero attached hydrogens (tertiary/aromatic N) is 4. The van der Waals surface area contributed by atoms with Gasteiger partial charge >= 0.3 is 6.01 Å². The van der Waals surface area contributed by atoms with E-state index in [2.05, 4.69) is 16.5 Å². The number of hydrogen-bond donors (Lipinski definition) is 1. The molecule has 0 saturated carbocycles. The number of anilines is 1. The van der Waals surface area contributed by atoms with E-state index in [9.17, 15) is 9.90 Å². The Hall–Kier alpha value is -4.20. The Morgan fingerprint density at radius 3 is 2.69 bits per heavy atom. The Kier molecular flexibility index (Phi) is 5.96. The number of methoxy groups -OCH3 is 1. The number of aromatic hydroxyl groups is 1. The van der Waals surface area contributed by atoms with E-state index < -0.39 is 5.82 Å². The van der Waals surface area contributed by atoms with Gasteiger partial charge in [0, 0.05) is 36.6 Å². The summed E-state index contributed by atoms with van der Waals surface area (Å²) in [5, 5.41) is 12.6. The summed E-state index contributed by atoms with van der Waals surface area (Å²) in [5.41, 5.74) is 1.80. The van der Waals surface area contributed by atoms with Crippen LogP contribution in [0.15, 0.2) is 55.1 Å². The number of phenols is 1. The second-order valence-corrected chi connectivity index (χ2v) is 9.06.